The van der Waals surface area contributed by atoms with Gasteiger partial charge >= 0.3 is 0 Å². The molecule has 0 aliphatic carbocycles. The van der Waals surface area contributed by atoms with Gasteiger partial charge in [0, 0.05) is 11.8 Å². The lowest BCUT2D eigenvalue weighted by Crippen LogP contribution is -2.25. The summed E-state index contributed by atoms with van der Waals surface area (Å²) in [5.74, 6) is 0.773. The van der Waals surface area contributed by atoms with Crippen molar-refractivity contribution in [3.63, 3.8) is 0 Å². The average Bonchev–Trinajstić information content (AvgIpc) is 2.40. The van der Waals surface area contributed by atoms with Gasteiger partial charge in [-0.05, 0) is 44.4 Å². The molecule has 1 aliphatic rings. The number of carbonyl (C=O) groups excluding carboxylic acids is 1. The van der Waals surface area contributed by atoms with E-state index in [1.54, 1.807) is 0 Å². The molecule has 3 nitrogen and oxygen atoms in total. The molecule has 18 heavy (non-hydrogen) atoms. The van der Waals surface area contributed by atoms with Gasteiger partial charge < -0.3 is 14.3 Å². The maximum absolute atomic E-state index is 11.1. The lowest BCUT2D eigenvalue weighted by Gasteiger charge is -2.24. The fourth-order valence-corrected chi connectivity index (χ4v) is 1.99. The van der Waals surface area contributed by atoms with Crippen LogP contribution in [0.3, 0.4) is 0 Å². The third kappa shape index (κ3) is 3.10. The van der Waals surface area contributed by atoms with Crippen LogP contribution in [-0.4, -0.2) is 19.2 Å². The van der Waals surface area contributed by atoms with Crippen LogP contribution < -0.4 is 4.74 Å². The summed E-state index contributed by atoms with van der Waals surface area (Å²) in [6.45, 7) is 4.57. The first kappa shape index (κ1) is 13.1. The van der Waals surface area contributed by atoms with Crippen LogP contribution in [-0.2, 0) is 14.9 Å². The smallest absolute Gasteiger partial charge is 0.199 e. The van der Waals surface area contributed by atoms with E-state index in [0.717, 1.165) is 43.5 Å². The number of hydrogen-bond donors (Lipinski definition) is 0. The molecule has 1 fully saturated rings. The second-order valence-corrected chi connectivity index (χ2v) is 5.28. The predicted molar refractivity (Wildman–Crippen MR) is 69.8 cm³/mol. The van der Waals surface area contributed by atoms with E-state index in [9.17, 15) is 4.79 Å². The molecule has 0 N–H and O–H groups in total. The first-order chi connectivity index (χ1) is 8.62. The van der Waals surface area contributed by atoms with Gasteiger partial charge in [-0.1, -0.05) is 12.1 Å². The summed E-state index contributed by atoms with van der Waals surface area (Å²) in [4.78, 5) is 11.1. The van der Waals surface area contributed by atoms with Crippen molar-refractivity contribution in [1.29, 1.82) is 0 Å². The lowest BCUT2D eigenvalue weighted by molar-refractivity contribution is -0.111. The zero-order chi connectivity index (χ0) is 13.0. The van der Waals surface area contributed by atoms with Crippen molar-refractivity contribution in [3.8, 4) is 5.75 Å². The summed E-state index contributed by atoms with van der Waals surface area (Å²) < 4.78 is 11.3. The van der Waals surface area contributed by atoms with E-state index in [1.165, 1.54) is 0 Å². The molecule has 3 heteroatoms. The van der Waals surface area contributed by atoms with Gasteiger partial charge in [-0.15, -0.1) is 0 Å². The lowest BCUT2D eigenvalue weighted by atomic mass is 9.86. The topological polar surface area (TPSA) is 35.5 Å². The highest BCUT2D eigenvalue weighted by atomic mass is 16.7. The molecular weight excluding hydrogens is 228 g/mol. The Morgan fingerprint density at radius 3 is 2.89 bits per heavy atom. The molecule has 2 rings (SSSR count). The summed E-state index contributed by atoms with van der Waals surface area (Å²) in [6, 6.07) is 7.69. The predicted octanol–water partition coefficient (Wildman–Crippen LogP) is 3.07. The van der Waals surface area contributed by atoms with Gasteiger partial charge in [0.15, 0.2) is 6.29 Å². The minimum absolute atomic E-state index is 0.145. The maximum atomic E-state index is 11.1. The Morgan fingerprint density at radius 1 is 1.39 bits per heavy atom. The van der Waals surface area contributed by atoms with Crippen LogP contribution in [0.2, 0.25) is 0 Å². The van der Waals surface area contributed by atoms with Crippen molar-refractivity contribution in [2.45, 2.75) is 44.8 Å². The van der Waals surface area contributed by atoms with Crippen LogP contribution in [0.15, 0.2) is 24.3 Å². The van der Waals surface area contributed by atoms with Crippen molar-refractivity contribution in [2.24, 2.45) is 0 Å². The van der Waals surface area contributed by atoms with E-state index in [-0.39, 0.29) is 6.29 Å². The third-order valence-corrected chi connectivity index (χ3v) is 3.28. The molecule has 1 atom stereocenters. The molecular formula is C15H20O3. The molecule has 1 saturated heterocycles. The van der Waals surface area contributed by atoms with Crippen molar-refractivity contribution in [2.75, 3.05) is 6.61 Å². The molecule has 1 unspecified atom stereocenters. The van der Waals surface area contributed by atoms with Crippen molar-refractivity contribution in [1.82, 2.24) is 0 Å². The Kier molecular flexibility index (Phi) is 4.02. The zero-order valence-electron chi connectivity index (χ0n) is 11.0. The quantitative estimate of drug-likeness (QED) is 0.768. The molecule has 1 aliphatic heterocycles. The fraction of sp³-hybridized carbons (Fsp3) is 0.533. The van der Waals surface area contributed by atoms with Gasteiger partial charge in [0.2, 0.25) is 0 Å². The molecule has 0 radical (unpaired) electrons. The molecule has 0 bridgehead atoms. The van der Waals surface area contributed by atoms with Gasteiger partial charge in [0.05, 0.1) is 6.61 Å². The van der Waals surface area contributed by atoms with E-state index >= 15 is 0 Å². The molecule has 0 aromatic heterocycles. The highest BCUT2D eigenvalue weighted by molar-refractivity contribution is 5.67. The molecule has 1 heterocycles. The van der Waals surface area contributed by atoms with E-state index in [0.29, 0.717) is 0 Å². The fourth-order valence-electron chi connectivity index (χ4n) is 1.99. The minimum atomic E-state index is -0.479. The highest BCUT2D eigenvalue weighted by Gasteiger charge is 2.21. The number of carbonyl (C=O) groups is 1. The first-order valence-electron chi connectivity index (χ1n) is 6.47. The normalized spacial score (nSPS) is 20.4. The van der Waals surface area contributed by atoms with E-state index in [4.69, 9.17) is 9.47 Å². The highest BCUT2D eigenvalue weighted by Crippen LogP contribution is 2.26. The SMILES string of the molecule is CC(C)(C=O)c1cccc(OC2CCCCO2)c1. The molecule has 98 valence electrons. The van der Waals surface area contributed by atoms with Crippen LogP contribution in [0.5, 0.6) is 5.75 Å². The first-order valence-corrected chi connectivity index (χ1v) is 6.47. The zero-order valence-corrected chi connectivity index (χ0v) is 11.0. The Bertz CT molecular complexity index is 406. The standard InChI is InChI=1S/C15H20O3/c1-15(2,11-16)12-6-5-7-13(10-12)18-14-8-3-4-9-17-14/h5-7,10-11,14H,3-4,8-9H2,1-2H3. The van der Waals surface area contributed by atoms with Gasteiger partial charge in [-0.3, -0.25) is 0 Å². The largest absolute Gasteiger partial charge is 0.465 e. The summed E-state index contributed by atoms with van der Waals surface area (Å²) in [6.07, 6.45) is 4.00. The minimum Gasteiger partial charge on any atom is -0.465 e. The van der Waals surface area contributed by atoms with Crippen molar-refractivity contribution in [3.05, 3.63) is 29.8 Å². The van der Waals surface area contributed by atoms with Gasteiger partial charge in [-0.2, -0.15) is 0 Å². The number of benzene rings is 1. The molecule has 1 aromatic carbocycles. The van der Waals surface area contributed by atoms with E-state index in [1.807, 2.05) is 38.1 Å². The number of aldehydes is 1. The molecule has 1 aromatic rings. The van der Waals surface area contributed by atoms with Crippen LogP contribution >= 0.6 is 0 Å². The van der Waals surface area contributed by atoms with Gasteiger partial charge in [-0.25, -0.2) is 0 Å². The monoisotopic (exact) mass is 248 g/mol. The Morgan fingerprint density at radius 2 is 2.22 bits per heavy atom. The summed E-state index contributed by atoms with van der Waals surface area (Å²) in [7, 11) is 0. The van der Waals surface area contributed by atoms with Gasteiger partial charge in [0.1, 0.15) is 12.0 Å². The second-order valence-electron chi connectivity index (χ2n) is 5.28. The van der Waals surface area contributed by atoms with Gasteiger partial charge in [0.25, 0.3) is 0 Å². The maximum Gasteiger partial charge on any atom is 0.199 e. The molecule has 0 amide bonds. The number of ether oxygens (including phenoxy) is 2. The van der Waals surface area contributed by atoms with Crippen LogP contribution in [0.25, 0.3) is 0 Å². The van der Waals surface area contributed by atoms with E-state index in [2.05, 4.69) is 0 Å². The third-order valence-electron chi connectivity index (χ3n) is 3.28. The van der Waals surface area contributed by atoms with Crippen molar-refractivity contribution < 1.29 is 14.3 Å². The average molecular weight is 248 g/mol. The molecule has 0 saturated carbocycles. The Labute approximate surface area is 108 Å². The van der Waals surface area contributed by atoms with Crippen LogP contribution in [0.4, 0.5) is 0 Å². The second kappa shape index (κ2) is 5.53. The Balaban J connectivity index is 2.09. The number of rotatable bonds is 4. The van der Waals surface area contributed by atoms with Crippen LogP contribution in [0.1, 0.15) is 38.7 Å². The van der Waals surface area contributed by atoms with Crippen molar-refractivity contribution >= 4 is 6.29 Å². The van der Waals surface area contributed by atoms with Crippen LogP contribution in [0, 0.1) is 0 Å². The molecule has 0 spiro atoms. The van der Waals surface area contributed by atoms with E-state index < -0.39 is 5.41 Å². The summed E-state index contributed by atoms with van der Waals surface area (Å²) >= 11 is 0. The summed E-state index contributed by atoms with van der Waals surface area (Å²) in [5.41, 5.74) is 0.484. The Hall–Kier alpha value is -1.35. The summed E-state index contributed by atoms with van der Waals surface area (Å²) in [5, 5.41) is 0. The number of hydrogen-bond acceptors (Lipinski definition) is 3.